The van der Waals surface area contributed by atoms with Crippen molar-refractivity contribution in [1.82, 2.24) is 10.2 Å². The maximum atomic E-state index is 13.1. The van der Waals surface area contributed by atoms with Crippen LogP contribution in [0.2, 0.25) is 0 Å². The minimum Gasteiger partial charge on any atom is -0.493 e. The van der Waals surface area contributed by atoms with Gasteiger partial charge in [0.1, 0.15) is 0 Å². The van der Waals surface area contributed by atoms with Crippen molar-refractivity contribution in [3.8, 4) is 17.2 Å². The van der Waals surface area contributed by atoms with Crippen molar-refractivity contribution in [2.45, 2.75) is 71.8 Å². The molecule has 0 spiro atoms. The van der Waals surface area contributed by atoms with Crippen LogP contribution in [-0.4, -0.2) is 93.1 Å². The summed E-state index contributed by atoms with van der Waals surface area (Å²) in [5.74, 6) is -0.333. The van der Waals surface area contributed by atoms with Crippen molar-refractivity contribution in [2.24, 2.45) is 11.3 Å². The van der Waals surface area contributed by atoms with E-state index in [0.29, 0.717) is 36.8 Å². The van der Waals surface area contributed by atoms with E-state index in [1.807, 2.05) is 25.1 Å². The molecule has 1 amide bonds. The number of aliphatic carboxylic acids is 1. The van der Waals surface area contributed by atoms with Gasteiger partial charge < -0.3 is 29.1 Å². The van der Waals surface area contributed by atoms with Crippen LogP contribution in [-0.2, 0) is 9.59 Å². The predicted molar refractivity (Wildman–Crippen MR) is 161 cm³/mol. The van der Waals surface area contributed by atoms with E-state index in [1.54, 1.807) is 7.11 Å². The SMILES string of the molecule is CC=CC(C)(C)C[C@@H]1[C@@H](C(=O)O)[C@@H](c2cc(OC)c3c(c2)OCO3)CN1CC(=O)NCCCC[N+](C)(C)CCCC. The second-order valence-electron chi connectivity index (χ2n) is 12.9. The van der Waals surface area contributed by atoms with E-state index >= 15 is 0 Å². The molecule has 0 radical (unpaired) electrons. The fraction of sp³-hybridized carbons (Fsp3) is 0.688. The van der Waals surface area contributed by atoms with Gasteiger partial charge in [0.2, 0.25) is 18.4 Å². The Hall–Kier alpha value is -2.78. The summed E-state index contributed by atoms with van der Waals surface area (Å²) in [5, 5.41) is 13.6. The van der Waals surface area contributed by atoms with Crippen LogP contribution in [0.4, 0.5) is 0 Å². The third-order valence-corrected chi connectivity index (χ3v) is 8.47. The number of methoxy groups -OCH3 is 1. The number of hydrogen-bond donors (Lipinski definition) is 2. The fourth-order valence-corrected chi connectivity index (χ4v) is 6.34. The van der Waals surface area contributed by atoms with Crippen LogP contribution in [0.5, 0.6) is 17.2 Å². The minimum absolute atomic E-state index is 0.0633. The molecule has 9 nitrogen and oxygen atoms in total. The molecular formula is C32H52N3O6+. The Labute approximate surface area is 246 Å². The van der Waals surface area contributed by atoms with E-state index in [2.05, 4.69) is 51.2 Å². The average Bonchev–Trinajstić information content (AvgIpc) is 3.51. The Kier molecular flexibility index (Phi) is 11.5. The van der Waals surface area contributed by atoms with E-state index < -0.39 is 11.9 Å². The first-order chi connectivity index (χ1) is 19.4. The van der Waals surface area contributed by atoms with Crippen LogP contribution in [0.25, 0.3) is 0 Å². The summed E-state index contributed by atoms with van der Waals surface area (Å²) in [7, 11) is 6.10. The molecule has 3 atom stereocenters. The zero-order valence-corrected chi connectivity index (χ0v) is 26.2. The molecule has 230 valence electrons. The molecule has 9 heteroatoms. The second-order valence-corrected chi connectivity index (χ2v) is 12.9. The van der Waals surface area contributed by atoms with Crippen LogP contribution >= 0.6 is 0 Å². The summed E-state index contributed by atoms with van der Waals surface area (Å²) >= 11 is 0. The number of likely N-dealkylation sites (tertiary alicyclic amines) is 1. The topological polar surface area (TPSA) is 97.3 Å². The van der Waals surface area contributed by atoms with Crippen LogP contribution < -0.4 is 19.5 Å². The normalized spacial score (nSPS) is 21.0. The third-order valence-electron chi connectivity index (χ3n) is 8.47. The summed E-state index contributed by atoms with van der Waals surface area (Å²) in [6.45, 7) is 12.0. The molecule has 2 aliphatic heterocycles. The number of ether oxygens (including phenoxy) is 3. The van der Waals surface area contributed by atoms with Gasteiger partial charge in [-0.25, -0.2) is 0 Å². The van der Waals surface area contributed by atoms with Crippen molar-refractivity contribution in [2.75, 3.05) is 60.7 Å². The van der Waals surface area contributed by atoms with Crippen LogP contribution in [0.15, 0.2) is 24.3 Å². The number of nitrogens with one attached hydrogen (secondary N) is 1. The largest absolute Gasteiger partial charge is 0.493 e. The summed E-state index contributed by atoms with van der Waals surface area (Å²) < 4.78 is 17.7. The molecule has 0 saturated carbocycles. The molecule has 2 N–H and O–H groups in total. The monoisotopic (exact) mass is 574 g/mol. The van der Waals surface area contributed by atoms with E-state index in [4.69, 9.17) is 14.2 Å². The number of carboxylic acid groups (broad SMARTS) is 1. The Morgan fingerprint density at radius 2 is 1.93 bits per heavy atom. The minimum atomic E-state index is -0.861. The second kappa shape index (κ2) is 14.4. The lowest BCUT2D eigenvalue weighted by molar-refractivity contribution is -0.890. The zero-order chi connectivity index (χ0) is 30.2. The van der Waals surface area contributed by atoms with Gasteiger partial charge in [-0.05, 0) is 55.7 Å². The molecule has 0 bridgehead atoms. The lowest BCUT2D eigenvalue weighted by Gasteiger charge is -2.32. The Morgan fingerprint density at radius 3 is 2.59 bits per heavy atom. The predicted octanol–water partition coefficient (Wildman–Crippen LogP) is 4.66. The van der Waals surface area contributed by atoms with Gasteiger partial charge in [0.05, 0.1) is 46.8 Å². The van der Waals surface area contributed by atoms with E-state index in [9.17, 15) is 14.7 Å². The zero-order valence-electron chi connectivity index (χ0n) is 26.2. The first-order valence-electron chi connectivity index (χ1n) is 15.1. The molecule has 0 aromatic heterocycles. The number of carbonyl (C=O) groups excluding carboxylic acids is 1. The van der Waals surface area contributed by atoms with Crippen LogP contribution in [0.3, 0.4) is 0 Å². The number of nitrogens with zero attached hydrogens (tertiary/aromatic N) is 2. The maximum Gasteiger partial charge on any atom is 0.308 e. The number of benzene rings is 1. The molecule has 3 rings (SSSR count). The van der Waals surface area contributed by atoms with Crippen molar-refractivity contribution >= 4 is 11.9 Å². The third kappa shape index (κ3) is 8.85. The quantitative estimate of drug-likeness (QED) is 0.168. The van der Waals surface area contributed by atoms with Gasteiger partial charge in [0.25, 0.3) is 0 Å². The number of quaternary nitrogens is 1. The highest BCUT2D eigenvalue weighted by Gasteiger charge is 2.48. The van der Waals surface area contributed by atoms with Gasteiger partial charge >= 0.3 is 5.97 Å². The lowest BCUT2D eigenvalue weighted by atomic mass is 9.77. The number of unbranched alkanes of at least 4 members (excludes halogenated alkanes) is 2. The Bertz CT molecular complexity index is 1070. The average molecular weight is 575 g/mol. The van der Waals surface area contributed by atoms with Crippen molar-refractivity contribution < 1.29 is 33.4 Å². The van der Waals surface area contributed by atoms with Crippen molar-refractivity contribution in [1.29, 1.82) is 0 Å². The highest BCUT2D eigenvalue weighted by Crippen LogP contribution is 2.48. The van der Waals surface area contributed by atoms with Gasteiger partial charge in [0.15, 0.2) is 11.5 Å². The number of amides is 1. The molecule has 2 aliphatic rings. The number of rotatable bonds is 16. The molecule has 1 aromatic carbocycles. The number of fused-ring (bicyclic) bond motifs is 1. The van der Waals surface area contributed by atoms with E-state index in [-0.39, 0.29) is 36.6 Å². The molecular weight excluding hydrogens is 522 g/mol. The smallest absolute Gasteiger partial charge is 0.308 e. The highest BCUT2D eigenvalue weighted by molar-refractivity contribution is 5.79. The number of allylic oxidation sites excluding steroid dienone is 2. The van der Waals surface area contributed by atoms with Crippen LogP contribution in [0.1, 0.15) is 71.3 Å². The summed E-state index contributed by atoms with van der Waals surface area (Å²) in [6.07, 6.45) is 9.14. The lowest BCUT2D eigenvalue weighted by Crippen LogP contribution is -2.44. The maximum absolute atomic E-state index is 13.1. The molecule has 1 aromatic rings. The number of carbonyl (C=O) groups is 2. The van der Waals surface area contributed by atoms with Crippen molar-refractivity contribution in [3.63, 3.8) is 0 Å². The first-order valence-corrected chi connectivity index (χ1v) is 15.1. The number of hydrogen-bond acceptors (Lipinski definition) is 6. The summed E-state index contributed by atoms with van der Waals surface area (Å²) in [5.41, 5.74) is 0.589. The van der Waals surface area contributed by atoms with Gasteiger partial charge in [-0.15, -0.1) is 0 Å². The number of carboxylic acids is 1. The Balaban J connectivity index is 1.74. The molecule has 2 heterocycles. The summed E-state index contributed by atoms with van der Waals surface area (Å²) in [4.78, 5) is 28.0. The van der Waals surface area contributed by atoms with Crippen LogP contribution in [0, 0.1) is 11.3 Å². The molecule has 0 unspecified atom stereocenters. The molecule has 1 fully saturated rings. The molecule has 41 heavy (non-hydrogen) atoms. The standard InChI is InChI=1S/C32H51N3O6/c1-8-10-15-35(5,6)16-12-11-14-33-28(36)21-34-20-24(23-17-26(39-7)30-27(18-23)40-22-41-30)29(31(37)38)25(34)19-32(3,4)13-9-2/h9,13,17-18,24-25,29H,8,10-12,14-16,19-22H2,1-7H3,(H-,33,36,37,38)/p+1/t24-,25-,29+/m1/s1. The van der Waals surface area contributed by atoms with E-state index in [1.165, 1.54) is 19.4 Å². The molecule has 1 saturated heterocycles. The van der Waals surface area contributed by atoms with E-state index in [0.717, 1.165) is 29.4 Å². The van der Waals surface area contributed by atoms with Gasteiger partial charge in [-0.3, -0.25) is 14.5 Å². The van der Waals surface area contributed by atoms with Gasteiger partial charge in [0, 0.05) is 25.0 Å². The van der Waals surface area contributed by atoms with Gasteiger partial charge in [-0.2, -0.15) is 0 Å². The van der Waals surface area contributed by atoms with Crippen molar-refractivity contribution in [3.05, 3.63) is 29.8 Å². The first kappa shape index (κ1) is 32.7. The summed E-state index contributed by atoms with van der Waals surface area (Å²) in [6, 6.07) is 3.40. The highest BCUT2D eigenvalue weighted by atomic mass is 16.7. The van der Waals surface area contributed by atoms with Gasteiger partial charge in [-0.1, -0.05) is 39.3 Å². The fourth-order valence-electron chi connectivity index (χ4n) is 6.34. The Morgan fingerprint density at radius 1 is 1.20 bits per heavy atom. The molecule has 0 aliphatic carbocycles.